The van der Waals surface area contributed by atoms with Crippen LogP contribution < -0.4 is 14.8 Å². The molecule has 1 N–H and O–H groups in total. The fourth-order valence-electron chi connectivity index (χ4n) is 3.21. The molecule has 0 atom stereocenters. The Hall–Kier alpha value is -2.78. The van der Waals surface area contributed by atoms with Gasteiger partial charge in [0.25, 0.3) is 5.91 Å². The molecule has 0 aliphatic heterocycles. The van der Waals surface area contributed by atoms with Crippen LogP contribution in [0.25, 0.3) is 6.08 Å². The van der Waals surface area contributed by atoms with Crippen LogP contribution in [0, 0.1) is 11.3 Å². The molecule has 0 aromatic heterocycles. The molecule has 2 aromatic carbocycles. The number of nitrogens with zero attached hydrogens (tertiary/aromatic N) is 1. The quantitative estimate of drug-likeness (QED) is 0.196. The minimum Gasteiger partial charge on any atom is -0.493 e. The monoisotopic (exact) mass is 498 g/mol. The lowest BCUT2D eigenvalue weighted by atomic mass is 10.1. The lowest BCUT2D eigenvalue weighted by Crippen LogP contribution is -2.23. The molecule has 2 aromatic rings. The summed E-state index contributed by atoms with van der Waals surface area (Å²) in [5.74, 6) is 0.763. The molecule has 0 fully saturated rings. The van der Waals surface area contributed by atoms with E-state index in [-0.39, 0.29) is 5.57 Å². The van der Waals surface area contributed by atoms with Gasteiger partial charge in [-0.2, -0.15) is 5.26 Å². The highest BCUT2D eigenvalue weighted by atomic mass is 79.9. The van der Waals surface area contributed by atoms with Gasteiger partial charge in [0.05, 0.1) is 18.2 Å². The molecule has 0 heterocycles. The zero-order valence-corrected chi connectivity index (χ0v) is 20.4. The van der Waals surface area contributed by atoms with E-state index in [2.05, 4.69) is 28.2 Å². The van der Waals surface area contributed by atoms with Crippen molar-refractivity contribution in [1.82, 2.24) is 5.32 Å². The van der Waals surface area contributed by atoms with E-state index in [9.17, 15) is 10.1 Å². The normalized spacial score (nSPS) is 11.0. The van der Waals surface area contributed by atoms with E-state index in [1.807, 2.05) is 42.5 Å². The number of amides is 1. The number of carbonyl (C=O) groups excluding carboxylic acids is 1. The van der Waals surface area contributed by atoms with Crippen LogP contribution >= 0.6 is 15.9 Å². The number of benzene rings is 2. The summed E-state index contributed by atoms with van der Waals surface area (Å²) in [7, 11) is 1.57. The van der Waals surface area contributed by atoms with Crippen LogP contribution in [0.4, 0.5) is 0 Å². The van der Waals surface area contributed by atoms with Crippen molar-refractivity contribution < 1.29 is 14.3 Å². The van der Waals surface area contributed by atoms with Crippen molar-refractivity contribution >= 4 is 27.9 Å². The molecule has 32 heavy (non-hydrogen) atoms. The lowest BCUT2D eigenvalue weighted by molar-refractivity contribution is -0.117. The summed E-state index contributed by atoms with van der Waals surface area (Å²) in [5.41, 5.74) is 1.66. The molecular formula is C26H31BrN2O3. The second kappa shape index (κ2) is 14.3. The van der Waals surface area contributed by atoms with E-state index in [0.29, 0.717) is 30.2 Å². The number of hydrogen-bond acceptors (Lipinski definition) is 4. The van der Waals surface area contributed by atoms with Crippen LogP contribution in [0.15, 0.2) is 52.5 Å². The number of nitrogens with one attached hydrogen (secondary N) is 1. The fraction of sp³-hybridized carbons (Fsp3) is 0.385. The van der Waals surface area contributed by atoms with Crippen LogP contribution in [-0.2, 0) is 11.3 Å². The molecule has 2 rings (SSSR count). The summed E-state index contributed by atoms with van der Waals surface area (Å²) in [5, 5.41) is 12.3. The zero-order valence-electron chi connectivity index (χ0n) is 18.8. The number of unbranched alkanes of at least 4 members (excludes halogenated alkanes) is 5. The summed E-state index contributed by atoms with van der Waals surface area (Å²) in [6.45, 7) is 3.18. The van der Waals surface area contributed by atoms with E-state index in [1.54, 1.807) is 19.3 Å². The summed E-state index contributed by atoms with van der Waals surface area (Å²) in [4.78, 5) is 12.5. The van der Waals surface area contributed by atoms with Gasteiger partial charge in [0, 0.05) is 6.54 Å². The second-order valence-electron chi connectivity index (χ2n) is 7.49. The highest BCUT2D eigenvalue weighted by molar-refractivity contribution is 9.10. The van der Waals surface area contributed by atoms with Crippen molar-refractivity contribution in [2.75, 3.05) is 13.7 Å². The molecule has 0 radical (unpaired) electrons. The predicted octanol–water partition coefficient (Wildman–Crippen LogP) is 6.42. The summed E-state index contributed by atoms with van der Waals surface area (Å²) in [6, 6.07) is 15.1. The fourth-order valence-corrected chi connectivity index (χ4v) is 3.78. The van der Waals surface area contributed by atoms with Gasteiger partial charge in [-0.15, -0.1) is 0 Å². The molecule has 0 spiro atoms. The van der Waals surface area contributed by atoms with Gasteiger partial charge in [0.15, 0.2) is 11.5 Å². The molecule has 0 saturated carbocycles. The molecule has 6 heteroatoms. The Morgan fingerprint density at radius 2 is 1.84 bits per heavy atom. The molecule has 0 unspecified atom stereocenters. The molecule has 0 aliphatic rings. The lowest BCUT2D eigenvalue weighted by Gasteiger charge is -2.14. The van der Waals surface area contributed by atoms with Gasteiger partial charge < -0.3 is 14.8 Å². The van der Waals surface area contributed by atoms with E-state index < -0.39 is 5.91 Å². The third-order valence-electron chi connectivity index (χ3n) is 4.97. The maximum absolute atomic E-state index is 12.5. The van der Waals surface area contributed by atoms with E-state index in [0.717, 1.165) is 22.9 Å². The molecule has 0 aliphatic carbocycles. The van der Waals surface area contributed by atoms with Crippen LogP contribution in [-0.4, -0.2) is 19.6 Å². The molecule has 5 nitrogen and oxygen atoms in total. The van der Waals surface area contributed by atoms with Crippen molar-refractivity contribution in [1.29, 1.82) is 5.26 Å². The topological polar surface area (TPSA) is 71.3 Å². The Morgan fingerprint density at radius 1 is 1.12 bits per heavy atom. The number of halogens is 1. The minimum atomic E-state index is -0.421. The van der Waals surface area contributed by atoms with Gasteiger partial charge in [-0.05, 0) is 51.7 Å². The van der Waals surface area contributed by atoms with Crippen LogP contribution in [0.2, 0.25) is 0 Å². The van der Waals surface area contributed by atoms with Crippen LogP contribution in [0.3, 0.4) is 0 Å². The highest BCUT2D eigenvalue weighted by Crippen LogP contribution is 2.37. The summed E-state index contributed by atoms with van der Waals surface area (Å²) >= 11 is 3.53. The van der Waals surface area contributed by atoms with Crippen molar-refractivity contribution in [3.8, 4) is 17.6 Å². The number of hydrogen-bond donors (Lipinski definition) is 1. The maximum atomic E-state index is 12.5. The van der Waals surface area contributed by atoms with Gasteiger partial charge in [-0.25, -0.2) is 0 Å². The first-order valence-corrected chi connectivity index (χ1v) is 11.8. The number of methoxy groups -OCH3 is 1. The van der Waals surface area contributed by atoms with Crippen LogP contribution in [0.5, 0.6) is 11.5 Å². The van der Waals surface area contributed by atoms with Crippen LogP contribution in [0.1, 0.15) is 56.6 Å². The summed E-state index contributed by atoms with van der Waals surface area (Å²) in [6.07, 6.45) is 8.69. The standard InChI is InChI=1S/C26H31BrN2O3/c1-3-4-5-6-7-11-14-32-25-23(27)16-21(17-24(25)31-2)15-22(18-28)26(30)29-19-20-12-9-8-10-13-20/h8-10,12-13,15-17H,3-7,11,14,19H2,1-2H3,(H,29,30)/b22-15+. The number of nitriles is 1. The Labute approximate surface area is 199 Å². The Kier molecular flexibility index (Phi) is 11.4. The average molecular weight is 499 g/mol. The molecule has 0 bridgehead atoms. The van der Waals surface area contributed by atoms with E-state index in [4.69, 9.17) is 9.47 Å². The first-order valence-electron chi connectivity index (χ1n) is 11.0. The highest BCUT2D eigenvalue weighted by Gasteiger charge is 2.14. The molecule has 170 valence electrons. The SMILES string of the molecule is CCCCCCCCOc1c(Br)cc(/C=C(\C#N)C(=O)NCc2ccccc2)cc1OC. The molecular weight excluding hydrogens is 468 g/mol. The minimum absolute atomic E-state index is 0.0237. The van der Waals surface area contributed by atoms with Crippen molar-refractivity contribution in [3.63, 3.8) is 0 Å². The molecule has 0 saturated heterocycles. The maximum Gasteiger partial charge on any atom is 0.262 e. The predicted molar refractivity (Wildman–Crippen MR) is 131 cm³/mol. The first-order chi connectivity index (χ1) is 15.6. The average Bonchev–Trinajstić information content (AvgIpc) is 2.81. The van der Waals surface area contributed by atoms with Gasteiger partial charge in [0.2, 0.25) is 0 Å². The van der Waals surface area contributed by atoms with Gasteiger partial charge in [-0.1, -0.05) is 69.4 Å². The number of carbonyl (C=O) groups is 1. The van der Waals surface area contributed by atoms with Gasteiger partial charge in [0.1, 0.15) is 11.6 Å². The van der Waals surface area contributed by atoms with Crippen molar-refractivity contribution in [2.45, 2.75) is 52.0 Å². The van der Waals surface area contributed by atoms with Gasteiger partial charge in [-0.3, -0.25) is 4.79 Å². The largest absolute Gasteiger partial charge is 0.493 e. The zero-order chi connectivity index (χ0) is 23.2. The van der Waals surface area contributed by atoms with E-state index >= 15 is 0 Å². The van der Waals surface area contributed by atoms with E-state index in [1.165, 1.54) is 25.7 Å². The number of ether oxygens (including phenoxy) is 2. The van der Waals surface area contributed by atoms with Gasteiger partial charge >= 0.3 is 0 Å². The number of rotatable bonds is 13. The Morgan fingerprint density at radius 3 is 2.53 bits per heavy atom. The smallest absolute Gasteiger partial charge is 0.262 e. The summed E-state index contributed by atoms with van der Waals surface area (Å²) < 4.78 is 12.2. The molecule has 1 amide bonds. The van der Waals surface area contributed by atoms with Crippen molar-refractivity contribution in [2.24, 2.45) is 0 Å². The third-order valence-corrected chi connectivity index (χ3v) is 5.56. The Balaban J connectivity index is 2.02. The third kappa shape index (κ3) is 8.39. The Bertz CT molecular complexity index is 936. The second-order valence-corrected chi connectivity index (χ2v) is 8.34. The first kappa shape index (κ1) is 25.5. The van der Waals surface area contributed by atoms with Crippen molar-refractivity contribution in [3.05, 3.63) is 63.6 Å².